The van der Waals surface area contributed by atoms with Gasteiger partial charge in [0.1, 0.15) is 5.82 Å². The Hall–Kier alpha value is -1.72. The molecule has 0 saturated carbocycles. The molecule has 1 aromatic carbocycles. The molecule has 2 N–H and O–H groups in total. The predicted molar refractivity (Wildman–Crippen MR) is 79.2 cm³/mol. The van der Waals surface area contributed by atoms with Crippen molar-refractivity contribution in [1.82, 2.24) is 10.6 Å². The fourth-order valence-corrected chi connectivity index (χ4v) is 2.63. The zero-order valence-electron chi connectivity index (χ0n) is 11.4. The number of likely N-dealkylation sites (N-methyl/N-ethyl adjacent to an activating group) is 1. The zero-order chi connectivity index (χ0) is 14.5. The van der Waals surface area contributed by atoms with Gasteiger partial charge in [-0.3, -0.25) is 4.79 Å². The second-order valence-electron chi connectivity index (χ2n) is 4.52. The standard InChI is InChI=1S/C15H17FN2OS/c1-10(17-2)15(19)18-14(13-4-3-9-20-13)11-5-7-12(16)8-6-11/h3-10,14,17H,1-2H3,(H,18,19). The molecule has 2 atom stereocenters. The SMILES string of the molecule is CNC(C)C(=O)NC(c1ccc(F)cc1)c1cccs1. The van der Waals surface area contributed by atoms with E-state index in [1.807, 2.05) is 17.5 Å². The minimum Gasteiger partial charge on any atom is -0.343 e. The van der Waals surface area contributed by atoms with Crippen molar-refractivity contribution < 1.29 is 9.18 Å². The highest BCUT2D eigenvalue weighted by Gasteiger charge is 2.20. The Bertz CT molecular complexity index is 554. The van der Waals surface area contributed by atoms with Gasteiger partial charge in [0.15, 0.2) is 0 Å². The van der Waals surface area contributed by atoms with Crippen molar-refractivity contribution in [3.63, 3.8) is 0 Å². The van der Waals surface area contributed by atoms with Crippen LogP contribution in [-0.4, -0.2) is 19.0 Å². The molecule has 5 heteroatoms. The van der Waals surface area contributed by atoms with Crippen LogP contribution in [0.4, 0.5) is 4.39 Å². The number of benzene rings is 1. The summed E-state index contributed by atoms with van der Waals surface area (Å²) in [7, 11) is 1.74. The lowest BCUT2D eigenvalue weighted by Crippen LogP contribution is -2.42. The topological polar surface area (TPSA) is 41.1 Å². The molecule has 0 bridgehead atoms. The van der Waals surface area contributed by atoms with Crippen molar-refractivity contribution in [1.29, 1.82) is 0 Å². The van der Waals surface area contributed by atoms with Gasteiger partial charge < -0.3 is 10.6 Å². The van der Waals surface area contributed by atoms with Gasteiger partial charge in [0, 0.05) is 4.88 Å². The van der Waals surface area contributed by atoms with E-state index in [-0.39, 0.29) is 23.8 Å². The first-order chi connectivity index (χ1) is 9.61. The summed E-state index contributed by atoms with van der Waals surface area (Å²) >= 11 is 1.56. The van der Waals surface area contributed by atoms with E-state index in [9.17, 15) is 9.18 Å². The van der Waals surface area contributed by atoms with Crippen LogP contribution >= 0.6 is 11.3 Å². The number of rotatable bonds is 5. The summed E-state index contributed by atoms with van der Waals surface area (Å²) in [6.45, 7) is 1.80. The smallest absolute Gasteiger partial charge is 0.237 e. The molecule has 0 aliphatic carbocycles. The monoisotopic (exact) mass is 292 g/mol. The van der Waals surface area contributed by atoms with E-state index in [0.717, 1.165) is 10.4 Å². The Morgan fingerprint density at radius 3 is 2.50 bits per heavy atom. The number of halogens is 1. The van der Waals surface area contributed by atoms with Crippen LogP contribution in [0.5, 0.6) is 0 Å². The number of amides is 1. The molecule has 0 saturated heterocycles. The summed E-state index contributed by atoms with van der Waals surface area (Å²) in [6, 6.07) is 9.57. The molecule has 0 spiro atoms. The van der Waals surface area contributed by atoms with Crippen LogP contribution < -0.4 is 10.6 Å². The molecule has 0 aliphatic heterocycles. The van der Waals surface area contributed by atoms with Crippen molar-refractivity contribution in [2.75, 3.05) is 7.05 Å². The molecule has 2 rings (SSSR count). The molecule has 0 aliphatic rings. The van der Waals surface area contributed by atoms with E-state index in [1.54, 1.807) is 37.4 Å². The minimum atomic E-state index is -0.284. The third-order valence-electron chi connectivity index (χ3n) is 3.14. The van der Waals surface area contributed by atoms with Crippen LogP contribution in [0.3, 0.4) is 0 Å². The quantitative estimate of drug-likeness (QED) is 0.889. The van der Waals surface area contributed by atoms with E-state index in [2.05, 4.69) is 10.6 Å². The second-order valence-corrected chi connectivity index (χ2v) is 5.50. The van der Waals surface area contributed by atoms with Crippen molar-refractivity contribution in [2.45, 2.75) is 19.0 Å². The lowest BCUT2D eigenvalue weighted by atomic mass is 10.0. The Morgan fingerprint density at radius 1 is 1.25 bits per heavy atom. The highest BCUT2D eigenvalue weighted by molar-refractivity contribution is 7.10. The second kappa shape index (κ2) is 6.63. The molecule has 106 valence electrons. The number of carbonyl (C=O) groups excluding carboxylic acids is 1. The zero-order valence-corrected chi connectivity index (χ0v) is 12.2. The number of nitrogens with one attached hydrogen (secondary N) is 2. The Labute approximate surface area is 121 Å². The van der Waals surface area contributed by atoms with Gasteiger partial charge in [-0.1, -0.05) is 18.2 Å². The summed E-state index contributed by atoms with van der Waals surface area (Å²) in [5.41, 5.74) is 0.866. The lowest BCUT2D eigenvalue weighted by molar-refractivity contribution is -0.123. The molecule has 0 fully saturated rings. The Kier molecular flexibility index (Phi) is 4.87. The molecule has 20 heavy (non-hydrogen) atoms. The average molecular weight is 292 g/mol. The van der Waals surface area contributed by atoms with E-state index in [1.165, 1.54) is 12.1 Å². The molecule has 3 nitrogen and oxygen atoms in total. The maximum Gasteiger partial charge on any atom is 0.237 e. The third kappa shape index (κ3) is 3.43. The number of hydrogen-bond acceptors (Lipinski definition) is 3. The number of thiophene rings is 1. The average Bonchev–Trinajstić information content (AvgIpc) is 2.98. The van der Waals surface area contributed by atoms with Crippen LogP contribution in [0.15, 0.2) is 41.8 Å². The van der Waals surface area contributed by atoms with Crippen LogP contribution in [0.1, 0.15) is 23.4 Å². The first-order valence-corrected chi connectivity index (χ1v) is 7.26. The Balaban J connectivity index is 2.26. The summed E-state index contributed by atoms with van der Waals surface area (Å²) in [5.74, 6) is -0.371. The largest absolute Gasteiger partial charge is 0.343 e. The van der Waals surface area contributed by atoms with Crippen LogP contribution in [0.25, 0.3) is 0 Å². The van der Waals surface area contributed by atoms with Crippen molar-refractivity contribution in [2.24, 2.45) is 0 Å². The molecular weight excluding hydrogens is 275 g/mol. The fourth-order valence-electron chi connectivity index (χ4n) is 1.83. The van der Waals surface area contributed by atoms with Crippen molar-refractivity contribution in [3.05, 3.63) is 58.0 Å². The number of hydrogen-bond donors (Lipinski definition) is 2. The van der Waals surface area contributed by atoms with Gasteiger partial charge in [0.2, 0.25) is 5.91 Å². The van der Waals surface area contributed by atoms with Gasteiger partial charge in [-0.25, -0.2) is 4.39 Å². The summed E-state index contributed by atoms with van der Waals surface area (Å²) in [6.07, 6.45) is 0. The first-order valence-electron chi connectivity index (χ1n) is 6.38. The molecule has 1 amide bonds. The van der Waals surface area contributed by atoms with Gasteiger partial charge in [-0.2, -0.15) is 0 Å². The minimum absolute atomic E-state index is 0.0878. The molecule has 1 aromatic heterocycles. The Morgan fingerprint density at radius 2 is 1.95 bits per heavy atom. The van der Waals surface area contributed by atoms with E-state index < -0.39 is 0 Å². The van der Waals surface area contributed by atoms with Crippen molar-refractivity contribution in [3.8, 4) is 0 Å². The van der Waals surface area contributed by atoms with Crippen molar-refractivity contribution >= 4 is 17.2 Å². The molecule has 0 radical (unpaired) electrons. The summed E-state index contributed by atoms with van der Waals surface area (Å²) < 4.78 is 13.0. The molecule has 1 heterocycles. The van der Waals surface area contributed by atoms with Crippen LogP contribution in [0, 0.1) is 5.82 Å². The predicted octanol–water partition coefficient (Wildman–Crippen LogP) is 2.70. The van der Waals surface area contributed by atoms with Gasteiger partial charge in [0.25, 0.3) is 0 Å². The molecule has 2 unspecified atom stereocenters. The van der Waals surface area contributed by atoms with Gasteiger partial charge in [-0.05, 0) is 43.1 Å². The summed E-state index contributed by atoms with van der Waals surface area (Å²) in [5, 5.41) is 7.86. The van der Waals surface area contributed by atoms with E-state index in [4.69, 9.17) is 0 Å². The van der Waals surface area contributed by atoms with Gasteiger partial charge >= 0.3 is 0 Å². The van der Waals surface area contributed by atoms with Gasteiger partial charge in [-0.15, -0.1) is 11.3 Å². The van der Waals surface area contributed by atoms with Crippen LogP contribution in [-0.2, 0) is 4.79 Å². The normalized spacial score (nSPS) is 13.8. The fraction of sp³-hybridized carbons (Fsp3) is 0.267. The van der Waals surface area contributed by atoms with E-state index in [0.29, 0.717) is 0 Å². The summed E-state index contributed by atoms with van der Waals surface area (Å²) in [4.78, 5) is 13.1. The van der Waals surface area contributed by atoms with Crippen LogP contribution in [0.2, 0.25) is 0 Å². The van der Waals surface area contributed by atoms with E-state index >= 15 is 0 Å². The molecule has 2 aromatic rings. The highest BCUT2D eigenvalue weighted by Crippen LogP contribution is 2.26. The van der Waals surface area contributed by atoms with Gasteiger partial charge in [0.05, 0.1) is 12.1 Å². The first kappa shape index (κ1) is 14.7. The third-order valence-corrected chi connectivity index (χ3v) is 4.08. The number of carbonyl (C=O) groups is 1. The maximum atomic E-state index is 13.0. The molecular formula is C15H17FN2OS. The highest BCUT2D eigenvalue weighted by atomic mass is 32.1. The lowest BCUT2D eigenvalue weighted by Gasteiger charge is -2.20. The maximum absolute atomic E-state index is 13.0.